The smallest absolute Gasteiger partial charge is 0.410 e. The summed E-state index contributed by atoms with van der Waals surface area (Å²) >= 11 is 0. The van der Waals surface area contributed by atoms with Gasteiger partial charge in [0.25, 0.3) is 0 Å². The molecule has 5 nitrogen and oxygen atoms in total. The molecule has 2 aliphatic rings. The summed E-state index contributed by atoms with van der Waals surface area (Å²) in [6, 6.07) is 1.92. The highest BCUT2D eigenvalue weighted by molar-refractivity contribution is 5.70. The summed E-state index contributed by atoms with van der Waals surface area (Å²) in [5, 5.41) is 0. The Hall–Kier alpha value is -1.85. The van der Waals surface area contributed by atoms with Crippen LogP contribution in [0.1, 0.15) is 51.5 Å². The average molecular weight is 307 g/mol. The molecule has 6 heteroatoms. The first kappa shape index (κ1) is 15.1. The Kier molecular flexibility index (Phi) is 3.50. The van der Waals surface area contributed by atoms with Crippen LogP contribution < -0.4 is 5.73 Å². The van der Waals surface area contributed by atoms with E-state index in [0.29, 0.717) is 0 Å². The number of nitrogen functional groups attached to an aromatic ring is 1. The summed E-state index contributed by atoms with van der Waals surface area (Å²) in [5.74, 6) is -0.488. The average Bonchev–Trinajstić information content (AvgIpc) is 2.97. The number of carbonyl (C=O) groups is 1. The van der Waals surface area contributed by atoms with Gasteiger partial charge in [-0.05, 0) is 51.7 Å². The third kappa shape index (κ3) is 2.62. The van der Waals surface area contributed by atoms with Crippen LogP contribution in [0, 0.1) is 5.95 Å². The van der Waals surface area contributed by atoms with Gasteiger partial charge in [0.05, 0.1) is 5.69 Å². The third-order valence-electron chi connectivity index (χ3n) is 4.46. The molecule has 22 heavy (non-hydrogen) atoms. The third-order valence-corrected chi connectivity index (χ3v) is 4.46. The summed E-state index contributed by atoms with van der Waals surface area (Å²) in [4.78, 5) is 18.0. The first-order valence-electron chi connectivity index (χ1n) is 7.68. The molecule has 1 aromatic rings. The van der Waals surface area contributed by atoms with Crippen LogP contribution in [0.3, 0.4) is 0 Å². The Bertz CT molecular complexity index is 600. The molecule has 0 aromatic carbocycles. The first-order chi connectivity index (χ1) is 10.3. The van der Waals surface area contributed by atoms with Gasteiger partial charge in [0.15, 0.2) is 0 Å². The van der Waals surface area contributed by atoms with Gasteiger partial charge in [-0.25, -0.2) is 9.78 Å². The van der Waals surface area contributed by atoms with E-state index >= 15 is 0 Å². The maximum atomic E-state index is 13.2. The molecular weight excluding hydrogens is 285 g/mol. The fourth-order valence-corrected chi connectivity index (χ4v) is 3.63. The lowest BCUT2D eigenvalue weighted by molar-refractivity contribution is 0.0213. The van der Waals surface area contributed by atoms with Crippen molar-refractivity contribution < 1.29 is 13.9 Å². The number of fused-ring (bicyclic) bond motifs is 2. The SMILES string of the molecule is CC(C)(C)OC(=O)N1[C@H]2CC[C@@H]1[C@@H](c1cnc(F)c(N)c1)C2. The number of anilines is 1. The van der Waals surface area contributed by atoms with Crippen LogP contribution in [0.2, 0.25) is 0 Å². The number of hydrogen-bond donors (Lipinski definition) is 1. The number of rotatable bonds is 1. The number of ether oxygens (including phenoxy) is 1. The van der Waals surface area contributed by atoms with Gasteiger partial charge in [-0.1, -0.05) is 0 Å². The van der Waals surface area contributed by atoms with E-state index < -0.39 is 11.5 Å². The van der Waals surface area contributed by atoms with Crippen molar-refractivity contribution in [3.8, 4) is 0 Å². The molecule has 0 radical (unpaired) electrons. The molecule has 3 rings (SSSR count). The lowest BCUT2D eigenvalue weighted by Gasteiger charge is -2.28. The fraction of sp³-hybridized carbons (Fsp3) is 0.625. The largest absolute Gasteiger partial charge is 0.444 e. The van der Waals surface area contributed by atoms with Gasteiger partial charge in [0, 0.05) is 24.2 Å². The predicted octanol–water partition coefficient (Wildman–Crippen LogP) is 3.06. The predicted molar refractivity (Wildman–Crippen MR) is 80.8 cm³/mol. The topological polar surface area (TPSA) is 68.5 Å². The van der Waals surface area contributed by atoms with Crippen LogP contribution in [0.4, 0.5) is 14.9 Å². The van der Waals surface area contributed by atoms with Gasteiger partial charge < -0.3 is 15.4 Å². The van der Waals surface area contributed by atoms with Crippen LogP contribution in [-0.2, 0) is 4.74 Å². The Morgan fingerprint density at radius 2 is 2.18 bits per heavy atom. The number of amides is 1. The number of pyridine rings is 1. The van der Waals surface area contributed by atoms with Gasteiger partial charge in [-0.3, -0.25) is 0 Å². The van der Waals surface area contributed by atoms with Crippen LogP contribution in [0.25, 0.3) is 0 Å². The van der Waals surface area contributed by atoms with Crippen molar-refractivity contribution in [1.82, 2.24) is 9.88 Å². The molecule has 120 valence electrons. The van der Waals surface area contributed by atoms with Gasteiger partial charge in [-0.2, -0.15) is 4.39 Å². The standard InChI is InChI=1S/C16H22FN3O2/c1-16(2,3)22-15(21)20-10-4-5-13(20)11(7-10)9-6-12(18)14(17)19-8-9/h6,8,10-11,13H,4-5,7,18H2,1-3H3/t10-,11+,13+/m0/s1. The van der Waals surface area contributed by atoms with Crippen LogP contribution in [0.5, 0.6) is 0 Å². The van der Waals surface area contributed by atoms with E-state index in [9.17, 15) is 9.18 Å². The minimum absolute atomic E-state index is 0.0593. The van der Waals surface area contributed by atoms with Crippen molar-refractivity contribution in [2.45, 2.75) is 63.6 Å². The molecule has 0 spiro atoms. The summed E-state index contributed by atoms with van der Waals surface area (Å²) in [6.45, 7) is 5.60. The summed E-state index contributed by atoms with van der Waals surface area (Å²) in [5.41, 5.74) is 6.08. The lowest BCUT2D eigenvalue weighted by atomic mass is 9.84. The van der Waals surface area contributed by atoms with Gasteiger partial charge in [0.1, 0.15) is 5.60 Å². The van der Waals surface area contributed by atoms with Gasteiger partial charge in [0.2, 0.25) is 5.95 Å². The molecule has 2 aliphatic heterocycles. The molecule has 0 saturated carbocycles. The van der Waals surface area contributed by atoms with Gasteiger partial charge in [-0.15, -0.1) is 0 Å². The second kappa shape index (κ2) is 5.11. The maximum absolute atomic E-state index is 13.2. The Morgan fingerprint density at radius 1 is 1.45 bits per heavy atom. The van der Waals surface area contributed by atoms with E-state index in [4.69, 9.17) is 10.5 Å². The molecule has 3 atom stereocenters. The molecule has 2 saturated heterocycles. The number of nitrogens with zero attached hydrogens (tertiary/aromatic N) is 2. The molecule has 3 heterocycles. The number of aromatic nitrogens is 1. The minimum Gasteiger partial charge on any atom is -0.444 e. The number of halogens is 1. The van der Waals surface area contributed by atoms with E-state index in [1.807, 2.05) is 25.7 Å². The molecule has 1 amide bonds. The van der Waals surface area contributed by atoms with Crippen molar-refractivity contribution in [3.05, 3.63) is 23.8 Å². The number of carbonyl (C=O) groups excluding carboxylic acids is 1. The fourth-order valence-electron chi connectivity index (χ4n) is 3.63. The Balaban J connectivity index is 1.81. The molecule has 1 aromatic heterocycles. The summed E-state index contributed by atoms with van der Waals surface area (Å²) in [6.07, 6.45) is 4.06. The Labute approximate surface area is 129 Å². The summed E-state index contributed by atoms with van der Waals surface area (Å²) < 4.78 is 18.8. The van der Waals surface area contributed by atoms with Crippen LogP contribution in [0.15, 0.2) is 12.3 Å². The maximum Gasteiger partial charge on any atom is 0.410 e. The molecule has 0 aliphatic carbocycles. The second-order valence-electron chi connectivity index (χ2n) is 7.18. The van der Waals surface area contributed by atoms with E-state index in [1.54, 1.807) is 6.07 Å². The lowest BCUT2D eigenvalue weighted by Crippen LogP contribution is -2.40. The second-order valence-corrected chi connectivity index (χ2v) is 7.18. The monoisotopic (exact) mass is 307 g/mol. The van der Waals surface area contributed by atoms with Crippen LogP contribution in [-0.4, -0.2) is 33.7 Å². The summed E-state index contributed by atoms with van der Waals surface area (Å²) in [7, 11) is 0. The zero-order chi connectivity index (χ0) is 16.1. The molecule has 2 bridgehead atoms. The van der Waals surface area contributed by atoms with E-state index in [1.165, 1.54) is 6.20 Å². The van der Waals surface area contributed by atoms with Crippen molar-refractivity contribution in [2.75, 3.05) is 5.73 Å². The zero-order valence-electron chi connectivity index (χ0n) is 13.2. The molecule has 0 unspecified atom stereocenters. The highest BCUT2D eigenvalue weighted by atomic mass is 19.1. The van der Waals surface area contributed by atoms with E-state index in [0.717, 1.165) is 24.8 Å². The van der Waals surface area contributed by atoms with Crippen molar-refractivity contribution in [1.29, 1.82) is 0 Å². The highest BCUT2D eigenvalue weighted by Gasteiger charge is 2.50. The van der Waals surface area contributed by atoms with Crippen molar-refractivity contribution in [2.24, 2.45) is 0 Å². The molecule has 2 N–H and O–H groups in total. The normalized spacial score (nSPS) is 27.3. The van der Waals surface area contributed by atoms with E-state index in [-0.39, 0.29) is 29.8 Å². The molecule has 2 fully saturated rings. The highest BCUT2D eigenvalue weighted by Crippen LogP contribution is 2.47. The van der Waals surface area contributed by atoms with Crippen LogP contribution >= 0.6 is 0 Å². The van der Waals surface area contributed by atoms with E-state index in [2.05, 4.69) is 4.98 Å². The van der Waals surface area contributed by atoms with Gasteiger partial charge >= 0.3 is 6.09 Å². The number of hydrogen-bond acceptors (Lipinski definition) is 4. The Morgan fingerprint density at radius 3 is 2.82 bits per heavy atom. The first-order valence-corrected chi connectivity index (χ1v) is 7.68. The quantitative estimate of drug-likeness (QED) is 0.810. The van der Waals surface area contributed by atoms with Crippen molar-refractivity contribution >= 4 is 11.8 Å². The number of nitrogens with two attached hydrogens (primary N) is 1. The minimum atomic E-state index is -0.643. The zero-order valence-corrected chi connectivity index (χ0v) is 13.2. The molecular formula is C16H22FN3O2. The van der Waals surface area contributed by atoms with Crippen molar-refractivity contribution in [3.63, 3.8) is 0 Å².